The fourth-order valence-corrected chi connectivity index (χ4v) is 6.54. The highest BCUT2D eigenvalue weighted by molar-refractivity contribution is 7.89. The van der Waals surface area contributed by atoms with Gasteiger partial charge in [0.05, 0.1) is 10.4 Å². The smallest absolute Gasteiger partial charge is 0.408 e. The van der Waals surface area contributed by atoms with Gasteiger partial charge in [0, 0.05) is 58.3 Å². The monoisotopic (exact) mass is 492 g/mol. The Bertz CT molecular complexity index is 1160. The first-order valence-electron chi connectivity index (χ1n) is 12.5. The van der Waals surface area contributed by atoms with Gasteiger partial charge in [-0.1, -0.05) is 13.8 Å². The normalized spacial score (nSPS) is 19.2. The number of oxazole rings is 1. The number of amides is 1. The number of aromatic nitrogens is 1. The maximum Gasteiger partial charge on any atom is 0.419 e. The lowest BCUT2D eigenvalue weighted by atomic mass is 9.94. The zero-order chi connectivity index (χ0) is 24.3. The maximum atomic E-state index is 13.2. The third-order valence-electron chi connectivity index (χ3n) is 7.03. The predicted molar refractivity (Wildman–Crippen MR) is 130 cm³/mol. The molecule has 0 N–H and O–H groups in total. The molecule has 3 heterocycles. The van der Waals surface area contributed by atoms with Crippen LogP contribution in [0.2, 0.25) is 0 Å². The quantitative estimate of drug-likeness (QED) is 0.561. The Hall–Kier alpha value is -2.17. The van der Waals surface area contributed by atoms with E-state index >= 15 is 0 Å². The molecular weight excluding hydrogens is 456 g/mol. The number of fused-ring (bicyclic) bond motifs is 1. The molecule has 2 aliphatic rings. The molecule has 2 aliphatic heterocycles. The zero-order valence-electron chi connectivity index (χ0n) is 20.2. The van der Waals surface area contributed by atoms with Crippen LogP contribution >= 0.6 is 0 Å². The minimum atomic E-state index is -3.69. The van der Waals surface area contributed by atoms with Gasteiger partial charge in [-0.2, -0.15) is 4.31 Å². The van der Waals surface area contributed by atoms with Crippen LogP contribution in [0.3, 0.4) is 0 Å². The van der Waals surface area contributed by atoms with Crippen LogP contribution in [-0.4, -0.2) is 78.8 Å². The molecule has 0 saturated carbocycles. The van der Waals surface area contributed by atoms with Crippen molar-refractivity contribution in [3.63, 3.8) is 0 Å². The number of benzene rings is 1. The summed E-state index contributed by atoms with van der Waals surface area (Å²) in [5.74, 6) is -0.0746. The molecule has 0 radical (unpaired) electrons. The highest BCUT2D eigenvalue weighted by atomic mass is 32.2. The summed E-state index contributed by atoms with van der Waals surface area (Å²) in [6.07, 6.45) is 3.74. The second-order valence-corrected chi connectivity index (χ2v) is 11.4. The first-order chi connectivity index (χ1) is 16.3. The first kappa shape index (κ1) is 24.9. The van der Waals surface area contributed by atoms with E-state index in [9.17, 15) is 18.0 Å². The van der Waals surface area contributed by atoms with Gasteiger partial charge >= 0.3 is 5.76 Å². The summed E-state index contributed by atoms with van der Waals surface area (Å²) in [5, 5.41) is 0. The summed E-state index contributed by atoms with van der Waals surface area (Å²) in [5.41, 5.74) is 0.901. The number of carbonyl (C=O) groups is 1. The molecule has 4 rings (SSSR count). The van der Waals surface area contributed by atoms with Gasteiger partial charge in [0.2, 0.25) is 15.9 Å². The van der Waals surface area contributed by atoms with Crippen LogP contribution < -0.4 is 5.76 Å². The van der Waals surface area contributed by atoms with Gasteiger partial charge in [-0.15, -0.1) is 0 Å². The summed E-state index contributed by atoms with van der Waals surface area (Å²) < 4.78 is 34.8. The Balaban J connectivity index is 1.34. The number of rotatable bonds is 8. The fourth-order valence-electron chi connectivity index (χ4n) is 5.06. The maximum absolute atomic E-state index is 13.2. The van der Waals surface area contributed by atoms with E-state index in [1.165, 1.54) is 14.9 Å². The summed E-state index contributed by atoms with van der Waals surface area (Å²) in [6.45, 7) is 9.96. The average Bonchev–Trinajstić information content (AvgIpc) is 3.14. The number of nitrogens with zero attached hydrogens (tertiary/aromatic N) is 4. The molecule has 188 valence electrons. The molecule has 2 saturated heterocycles. The Morgan fingerprint density at radius 2 is 1.68 bits per heavy atom. The van der Waals surface area contributed by atoms with Crippen LogP contribution in [0.5, 0.6) is 0 Å². The Kier molecular flexibility index (Phi) is 7.79. The van der Waals surface area contributed by atoms with Crippen LogP contribution in [0.15, 0.2) is 32.3 Å². The lowest BCUT2D eigenvalue weighted by Crippen LogP contribution is -2.49. The third kappa shape index (κ3) is 5.23. The van der Waals surface area contributed by atoms with Crippen molar-refractivity contribution >= 4 is 27.0 Å². The van der Waals surface area contributed by atoms with E-state index in [0.29, 0.717) is 50.0 Å². The molecule has 1 aromatic heterocycles. The largest absolute Gasteiger partial charge is 0.419 e. The van der Waals surface area contributed by atoms with Crippen molar-refractivity contribution in [2.75, 3.05) is 45.8 Å². The van der Waals surface area contributed by atoms with Gasteiger partial charge in [0.15, 0.2) is 5.58 Å². The van der Waals surface area contributed by atoms with Crippen molar-refractivity contribution < 1.29 is 17.6 Å². The van der Waals surface area contributed by atoms with Gasteiger partial charge in [-0.25, -0.2) is 13.2 Å². The fraction of sp³-hybridized carbons (Fsp3) is 0.667. The molecular formula is C24H36N4O5S. The van der Waals surface area contributed by atoms with Crippen molar-refractivity contribution in [2.24, 2.45) is 5.92 Å². The van der Waals surface area contributed by atoms with Crippen molar-refractivity contribution in [3.8, 4) is 0 Å². The van der Waals surface area contributed by atoms with E-state index in [2.05, 4.69) is 11.8 Å². The molecule has 34 heavy (non-hydrogen) atoms. The van der Waals surface area contributed by atoms with Gasteiger partial charge < -0.3 is 9.32 Å². The second kappa shape index (κ2) is 10.6. The number of piperidine rings is 1. The molecule has 0 bridgehead atoms. The van der Waals surface area contributed by atoms with E-state index in [1.54, 1.807) is 12.1 Å². The van der Waals surface area contributed by atoms with Crippen molar-refractivity contribution in [1.29, 1.82) is 0 Å². The van der Waals surface area contributed by atoms with Crippen LogP contribution in [0.25, 0.3) is 11.1 Å². The van der Waals surface area contributed by atoms with Crippen LogP contribution in [-0.2, 0) is 21.4 Å². The van der Waals surface area contributed by atoms with E-state index in [-0.39, 0.29) is 16.7 Å². The van der Waals surface area contributed by atoms with Crippen LogP contribution in [0.4, 0.5) is 0 Å². The van der Waals surface area contributed by atoms with Crippen molar-refractivity contribution in [2.45, 2.75) is 57.4 Å². The van der Waals surface area contributed by atoms with Crippen molar-refractivity contribution in [3.05, 3.63) is 28.7 Å². The van der Waals surface area contributed by atoms with E-state index in [4.69, 9.17) is 4.42 Å². The topological polar surface area (TPSA) is 96.1 Å². The molecule has 10 heteroatoms. The number of hydrogen-bond donors (Lipinski definition) is 0. The summed E-state index contributed by atoms with van der Waals surface area (Å²) >= 11 is 0. The molecule has 1 amide bonds. The molecule has 9 nitrogen and oxygen atoms in total. The molecule has 0 unspecified atom stereocenters. The Morgan fingerprint density at radius 1 is 1.00 bits per heavy atom. The first-order valence-corrected chi connectivity index (χ1v) is 13.9. The van der Waals surface area contributed by atoms with Crippen LogP contribution in [0.1, 0.15) is 46.0 Å². The van der Waals surface area contributed by atoms with Gasteiger partial charge in [-0.05, 0) is 50.3 Å². The number of piperazine rings is 1. The molecule has 0 spiro atoms. The minimum Gasteiger partial charge on any atom is -0.408 e. The molecule has 2 fully saturated rings. The van der Waals surface area contributed by atoms with Crippen LogP contribution in [0, 0.1) is 5.92 Å². The molecule has 2 aromatic rings. The second-order valence-electron chi connectivity index (χ2n) is 9.42. The van der Waals surface area contributed by atoms with E-state index < -0.39 is 15.8 Å². The Morgan fingerprint density at radius 3 is 2.32 bits per heavy atom. The summed E-state index contributed by atoms with van der Waals surface area (Å²) in [4.78, 5) is 29.3. The number of carbonyl (C=O) groups excluding carboxylic acids is 1. The molecule has 0 aliphatic carbocycles. The van der Waals surface area contributed by atoms with Gasteiger partial charge in [-0.3, -0.25) is 14.3 Å². The van der Waals surface area contributed by atoms with Gasteiger partial charge in [0.25, 0.3) is 0 Å². The van der Waals surface area contributed by atoms with Gasteiger partial charge in [0.1, 0.15) is 0 Å². The summed E-state index contributed by atoms with van der Waals surface area (Å²) in [6, 6.07) is 4.65. The SMILES string of the molecule is CCCN1CCN(C(=O)CC2CCN(S(=O)(=O)c3ccc4c(c3)oc(=O)n4CCC)CC2)CC1. The lowest BCUT2D eigenvalue weighted by molar-refractivity contribution is -0.134. The predicted octanol–water partition coefficient (Wildman–Crippen LogP) is 2.35. The number of sulfonamides is 1. The number of aryl methyl sites for hydroxylation is 1. The summed E-state index contributed by atoms with van der Waals surface area (Å²) in [7, 11) is -3.69. The van der Waals surface area contributed by atoms with E-state index in [1.807, 2.05) is 11.8 Å². The highest BCUT2D eigenvalue weighted by Crippen LogP contribution is 2.28. The zero-order valence-corrected chi connectivity index (χ0v) is 21.1. The molecule has 0 atom stereocenters. The van der Waals surface area contributed by atoms with Crippen molar-refractivity contribution in [1.82, 2.24) is 18.7 Å². The Labute approximate surface area is 201 Å². The van der Waals surface area contributed by atoms with E-state index in [0.717, 1.165) is 45.6 Å². The highest BCUT2D eigenvalue weighted by Gasteiger charge is 2.32. The molecule has 1 aromatic carbocycles. The average molecular weight is 493 g/mol. The standard InChI is InChI=1S/C24H36N4O5S/c1-3-9-25-13-15-26(16-14-25)23(29)17-19-7-11-27(12-8-19)34(31,32)20-5-6-21-22(18-20)33-24(30)28(21)10-4-2/h5-6,18-19H,3-4,7-17H2,1-2H3. The third-order valence-corrected chi connectivity index (χ3v) is 8.92. The number of hydrogen-bond acceptors (Lipinski definition) is 6. The lowest BCUT2D eigenvalue weighted by Gasteiger charge is -2.36. The minimum absolute atomic E-state index is 0.136.